The molecule has 1 heterocycles. The van der Waals surface area contributed by atoms with Crippen molar-refractivity contribution in [3.8, 4) is 0 Å². The molecular formula is C15H23NO2. The minimum atomic E-state index is 0.0523. The van der Waals surface area contributed by atoms with E-state index < -0.39 is 0 Å². The second kappa shape index (κ2) is 6.32. The molecule has 100 valence electrons. The summed E-state index contributed by atoms with van der Waals surface area (Å²) in [5.74, 6) is 0. The average molecular weight is 249 g/mol. The lowest BCUT2D eigenvalue weighted by atomic mass is 9.86. The van der Waals surface area contributed by atoms with Gasteiger partial charge >= 0.3 is 0 Å². The third kappa shape index (κ3) is 3.55. The molecule has 1 aliphatic rings. The lowest BCUT2D eigenvalue weighted by Gasteiger charge is -2.38. The van der Waals surface area contributed by atoms with Crippen LogP contribution in [0.4, 0.5) is 0 Å². The maximum absolute atomic E-state index is 9.24. The minimum absolute atomic E-state index is 0.0523. The molecule has 0 radical (unpaired) electrons. The zero-order chi connectivity index (χ0) is 12.8. The molecule has 0 aliphatic carbocycles. The van der Waals surface area contributed by atoms with Crippen molar-refractivity contribution in [1.29, 1.82) is 0 Å². The largest absolute Gasteiger partial charge is 0.396 e. The monoisotopic (exact) mass is 249 g/mol. The number of ether oxygens (including phenoxy) is 1. The molecule has 0 atom stereocenters. The van der Waals surface area contributed by atoms with Crippen molar-refractivity contribution >= 4 is 0 Å². The number of aryl methyl sites for hydroxylation is 1. The first kappa shape index (κ1) is 13.5. The van der Waals surface area contributed by atoms with E-state index in [1.54, 1.807) is 0 Å². The van der Waals surface area contributed by atoms with Gasteiger partial charge in [-0.1, -0.05) is 29.8 Å². The van der Waals surface area contributed by atoms with Gasteiger partial charge in [0.1, 0.15) is 0 Å². The van der Waals surface area contributed by atoms with Crippen molar-refractivity contribution in [1.82, 2.24) is 5.32 Å². The van der Waals surface area contributed by atoms with Crippen LogP contribution >= 0.6 is 0 Å². The first-order chi connectivity index (χ1) is 8.74. The van der Waals surface area contributed by atoms with E-state index in [0.717, 1.165) is 39.0 Å². The van der Waals surface area contributed by atoms with Gasteiger partial charge in [-0.05, 0) is 31.7 Å². The number of nitrogens with one attached hydrogen (secondary N) is 1. The molecule has 1 fully saturated rings. The Hall–Kier alpha value is -0.900. The van der Waals surface area contributed by atoms with Crippen LogP contribution in [0.5, 0.6) is 0 Å². The van der Waals surface area contributed by atoms with E-state index in [2.05, 4.69) is 36.5 Å². The SMILES string of the molecule is Cc1cccc(CNC2(CCO)CCOCC2)c1. The number of rotatable bonds is 5. The van der Waals surface area contributed by atoms with Gasteiger partial charge in [0.2, 0.25) is 0 Å². The van der Waals surface area contributed by atoms with Crippen LogP contribution in [0.25, 0.3) is 0 Å². The Morgan fingerprint density at radius 1 is 1.33 bits per heavy atom. The van der Waals surface area contributed by atoms with E-state index >= 15 is 0 Å². The van der Waals surface area contributed by atoms with Crippen LogP contribution in [-0.4, -0.2) is 30.5 Å². The third-order valence-corrected chi connectivity index (χ3v) is 3.79. The van der Waals surface area contributed by atoms with Crippen molar-refractivity contribution in [2.45, 2.75) is 38.3 Å². The molecule has 1 aliphatic heterocycles. The standard InChI is InChI=1S/C15H23NO2/c1-13-3-2-4-14(11-13)12-16-15(5-8-17)6-9-18-10-7-15/h2-4,11,16-17H,5-10,12H2,1H3. The van der Waals surface area contributed by atoms with Crippen molar-refractivity contribution < 1.29 is 9.84 Å². The first-order valence-electron chi connectivity index (χ1n) is 6.73. The van der Waals surface area contributed by atoms with Gasteiger partial charge in [-0.2, -0.15) is 0 Å². The van der Waals surface area contributed by atoms with Crippen molar-refractivity contribution in [2.24, 2.45) is 0 Å². The minimum Gasteiger partial charge on any atom is -0.396 e. The Morgan fingerprint density at radius 2 is 2.11 bits per heavy atom. The fourth-order valence-corrected chi connectivity index (χ4v) is 2.60. The van der Waals surface area contributed by atoms with E-state index in [4.69, 9.17) is 4.74 Å². The summed E-state index contributed by atoms with van der Waals surface area (Å²) < 4.78 is 5.42. The predicted molar refractivity (Wildman–Crippen MR) is 72.5 cm³/mol. The summed E-state index contributed by atoms with van der Waals surface area (Å²) in [6, 6.07) is 8.56. The van der Waals surface area contributed by atoms with Crippen LogP contribution < -0.4 is 5.32 Å². The van der Waals surface area contributed by atoms with Crippen LogP contribution in [0, 0.1) is 6.92 Å². The van der Waals surface area contributed by atoms with Gasteiger partial charge in [0.05, 0.1) is 0 Å². The summed E-state index contributed by atoms with van der Waals surface area (Å²) >= 11 is 0. The smallest absolute Gasteiger partial charge is 0.0483 e. The van der Waals surface area contributed by atoms with E-state index in [0.29, 0.717) is 0 Å². The number of aliphatic hydroxyl groups is 1. The Kier molecular flexibility index (Phi) is 4.75. The third-order valence-electron chi connectivity index (χ3n) is 3.79. The Morgan fingerprint density at radius 3 is 2.78 bits per heavy atom. The number of hydrogen-bond acceptors (Lipinski definition) is 3. The summed E-state index contributed by atoms with van der Waals surface area (Å²) in [6.07, 6.45) is 2.78. The lowest BCUT2D eigenvalue weighted by molar-refractivity contribution is 0.0267. The predicted octanol–water partition coefficient (Wildman–Crippen LogP) is 2.02. The maximum Gasteiger partial charge on any atom is 0.0483 e. The van der Waals surface area contributed by atoms with Crippen LogP contribution in [0.2, 0.25) is 0 Å². The highest BCUT2D eigenvalue weighted by Gasteiger charge is 2.31. The van der Waals surface area contributed by atoms with Crippen LogP contribution in [0.15, 0.2) is 24.3 Å². The molecule has 3 heteroatoms. The van der Waals surface area contributed by atoms with Gasteiger partial charge in [0, 0.05) is 31.9 Å². The summed E-state index contributed by atoms with van der Waals surface area (Å²) in [5.41, 5.74) is 2.65. The van der Waals surface area contributed by atoms with Gasteiger partial charge in [-0.15, -0.1) is 0 Å². The summed E-state index contributed by atoms with van der Waals surface area (Å²) in [5, 5.41) is 12.9. The molecule has 18 heavy (non-hydrogen) atoms. The topological polar surface area (TPSA) is 41.5 Å². The van der Waals surface area contributed by atoms with Crippen LogP contribution in [0.3, 0.4) is 0 Å². The molecule has 0 bridgehead atoms. The highest BCUT2D eigenvalue weighted by molar-refractivity contribution is 5.22. The lowest BCUT2D eigenvalue weighted by Crippen LogP contribution is -2.49. The van der Waals surface area contributed by atoms with Gasteiger partial charge in [-0.3, -0.25) is 0 Å². The van der Waals surface area contributed by atoms with E-state index in [1.807, 2.05) is 0 Å². The molecule has 0 spiro atoms. The quantitative estimate of drug-likeness (QED) is 0.839. The molecule has 0 aromatic heterocycles. The Labute approximate surface area is 109 Å². The van der Waals surface area contributed by atoms with Crippen molar-refractivity contribution in [2.75, 3.05) is 19.8 Å². The van der Waals surface area contributed by atoms with Gasteiger partial charge in [0.25, 0.3) is 0 Å². The first-order valence-corrected chi connectivity index (χ1v) is 6.73. The van der Waals surface area contributed by atoms with E-state index in [1.165, 1.54) is 11.1 Å². The normalized spacial score (nSPS) is 18.8. The Bertz CT molecular complexity index is 367. The summed E-state index contributed by atoms with van der Waals surface area (Å²) in [6.45, 7) is 4.80. The molecule has 2 N–H and O–H groups in total. The second-order valence-electron chi connectivity index (χ2n) is 5.21. The van der Waals surface area contributed by atoms with Crippen molar-refractivity contribution in [3.63, 3.8) is 0 Å². The molecule has 1 aromatic rings. The van der Waals surface area contributed by atoms with Gasteiger partial charge in [0.15, 0.2) is 0 Å². The number of hydrogen-bond donors (Lipinski definition) is 2. The Balaban J connectivity index is 1.96. The van der Waals surface area contributed by atoms with E-state index in [9.17, 15) is 5.11 Å². The molecule has 0 unspecified atom stereocenters. The number of aliphatic hydroxyl groups excluding tert-OH is 1. The molecule has 3 nitrogen and oxygen atoms in total. The van der Waals surface area contributed by atoms with Crippen LogP contribution in [0.1, 0.15) is 30.4 Å². The number of benzene rings is 1. The molecule has 1 saturated heterocycles. The fraction of sp³-hybridized carbons (Fsp3) is 0.600. The highest BCUT2D eigenvalue weighted by Crippen LogP contribution is 2.24. The molecule has 1 aromatic carbocycles. The van der Waals surface area contributed by atoms with Crippen LogP contribution in [-0.2, 0) is 11.3 Å². The highest BCUT2D eigenvalue weighted by atomic mass is 16.5. The van der Waals surface area contributed by atoms with E-state index in [-0.39, 0.29) is 12.1 Å². The molecule has 0 amide bonds. The van der Waals surface area contributed by atoms with Crippen molar-refractivity contribution in [3.05, 3.63) is 35.4 Å². The van der Waals surface area contributed by atoms with Gasteiger partial charge in [-0.25, -0.2) is 0 Å². The van der Waals surface area contributed by atoms with Gasteiger partial charge < -0.3 is 15.2 Å². The fourth-order valence-electron chi connectivity index (χ4n) is 2.60. The molecule has 0 saturated carbocycles. The second-order valence-corrected chi connectivity index (χ2v) is 5.21. The zero-order valence-electron chi connectivity index (χ0n) is 11.1. The molecule has 2 rings (SSSR count). The molecular weight excluding hydrogens is 226 g/mol. The zero-order valence-corrected chi connectivity index (χ0v) is 11.1. The maximum atomic E-state index is 9.24. The average Bonchev–Trinajstić information content (AvgIpc) is 2.38. The summed E-state index contributed by atoms with van der Waals surface area (Å²) in [7, 11) is 0. The summed E-state index contributed by atoms with van der Waals surface area (Å²) in [4.78, 5) is 0.